The molecule has 0 spiro atoms. The molecular weight excluding hydrogens is 366 g/mol. The molecule has 2 aliphatic heterocycles. The van der Waals surface area contributed by atoms with Gasteiger partial charge >= 0.3 is 11.7 Å². The van der Waals surface area contributed by atoms with Crippen LogP contribution in [0.3, 0.4) is 0 Å². The number of hydrogen-bond donors (Lipinski definition) is 1. The van der Waals surface area contributed by atoms with E-state index in [4.69, 9.17) is 14.2 Å². The fraction of sp³-hybridized carbons (Fsp3) is 0.316. The summed E-state index contributed by atoms with van der Waals surface area (Å²) in [5.41, 5.74) is 0.918. The van der Waals surface area contributed by atoms with Gasteiger partial charge in [-0.25, -0.2) is 9.59 Å². The number of esters is 1. The lowest BCUT2D eigenvalue weighted by molar-refractivity contribution is -0.136. The van der Waals surface area contributed by atoms with Crippen LogP contribution in [0.15, 0.2) is 39.1 Å². The molecule has 0 aliphatic carbocycles. The largest absolute Gasteiger partial charge is 0.493 e. The maximum Gasteiger partial charge on any atom is 0.337 e. The van der Waals surface area contributed by atoms with Gasteiger partial charge < -0.3 is 19.5 Å². The number of nitrogens with zero attached hydrogens (tertiary/aromatic N) is 2. The van der Waals surface area contributed by atoms with E-state index in [2.05, 4.69) is 5.32 Å². The first-order chi connectivity index (χ1) is 13.4. The summed E-state index contributed by atoms with van der Waals surface area (Å²) >= 11 is 0. The number of nitrogens with one attached hydrogen (secondary N) is 1. The van der Waals surface area contributed by atoms with Crippen molar-refractivity contribution in [3.05, 3.63) is 61.4 Å². The van der Waals surface area contributed by atoms with Crippen LogP contribution in [0.5, 0.6) is 11.5 Å². The van der Waals surface area contributed by atoms with Crippen LogP contribution < -0.4 is 26.0 Å². The minimum Gasteiger partial charge on any atom is -0.493 e. The first-order valence-corrected chi connectivity index (χ1v) is 8.58. The molecule has 1 N–H and O–H groups in total. The van der Waals surface area contributed by atoms with Gasteiger partial charge in [-0.15, -0.1) is 0 Å². The molecule has 0 bridgehead atoms. The van der Waals surface area contributed by atoms with Crippen LogP contribution >= 0.6 is 0 Å². The van der Waals surface area contributed by atoms with Gasteiger partial charge in [-0.2, -0.15) is 0 Å². The van der Waals surface area contributed by atoms with E-state index in [1.807, 2.05) is 0 Å². The molecular formula is C19H19N3O6. The zero-order valence-electron chi connectivity index (χ0n) is 15.9. The van der Waals surface area contributed by atoms with Crippen molar-refractivity contribution in [2.75, 3.05) is 26.1 Å². The van der Waals surface area contributed by atoms with E-state index in [1.165, 1.54) is 25.8 Å². The average molecular weight is 385 g/mol. The molecule has 0 fully saturated rings. The Hall–Kier alpha value is -3.49. The second-order valence-electron chi connectivity index (χ2n) is 6.61. The summed E-state index contributed by atoms with van der Waals surface area (Å²) in [6.45, 7) is 0.0563. The Morgan fingerprint density at radius 1 is 1.07 bits per heavy atom. The Morgan fingerprint density at radius 3 is 2.46 bits per heavy atom. The molecule has 146 valence electrons. The number of carbonyl (C=O) groups excluding carboxylic acids is 1. The van der Waals surface area contributed by atoms with Crippen LogP contribution in [0.4, 0.5) is 5.82 Å². The van der Waals surface area contributed by atoms with Crippen LogP contribution in [0.25, 0.3) is 0 Å². The molecule has 1 unspecified atom stereocenters. The Kier molecular flexibility index (Phi) is 4.02. The van der Waals surface area contributed by atoms with Crippen molar-refractivity contribution in [1.82, 2.24) is 9.13 Å². The van der Waals surface area contributed by atoms with Gasteiger partial charge in [0.1, 0.15) is 12.4 Å². The number of carbonyl (C=O) groups is 1. The third kappa shape index (κ3) is 2.35. The number of fused-ring (bicyclic) bond motifs is 1. The number of rotatable bonds is 3. The molecule has 0 saturated carbocycles. The molecule has 1 aromatic heterocycles. The number of benzene rings is 1. The fourth-order valence-corrected chi connectivity index (χ4v) is 3.75. The molecule has 4 rings (SSSR count). The van der Waals surface area contributed by atoms with Crippen LogP contribution in [0, 0.1) is 0 Å². The van der Waals surface area contributed by atoms with Gasteiger partial charge in [-0.05, 0) is 17.7 Å². The third-order valence-electron chi connectivity index (χ3n) is 5.18. The van der Waals surface area contributed by atoms with Crippen molar-refractivity contribution in [1.29, 1.82) is 0 Å². The number of aromatic nitrogens is 2. The third-order valence-corrected chi connectivity index (χ3v) is 5.18. The van der Waals surface area contributed by atoms with E-state index in [1.54, 1.807) is 25.2 Å². The number of methoxy groups -OCH3 is 2. The van der Waals surface area contributed by atoms with E-state index in [9.17, 15) is 14.4 Å². The molecule has 28 heavy (non-hydrogen) atoms. The highest BCUT2D eigenvalue weighted by Crippen LogP contribution is 2.44. The molecule has 0 radical (unpaired) electrons. The second-order valence-corrected chi connectivity index (χ2v) is 6.61. The van der Waals surface area contributed by atoms with E-state index in [0.29, 0.717) is 39.7 Å². The van der Waals surface area contributed by atoms with Gasteiger partial charge in [0.15, 0.2) is 11.5 Å². The molecule has 0 saturated heterocycles. The van der Waals surface area contributed by atoms with Gasteiger partial charge in [0.2, 0.25) is 0 Å². The predicted octanol–water partition coefficient (Wildman–Crippen LogP) is 0.469. The predicted molar refractivity (Wildman–Crippen MR) is 99.9 cm³/mol. The maximum absolute atomic E-state index is 13.0. The quantitative estimate of drug-likeness (QED) is 0.767. The lowest BCUT2D eigenvalue weighted by Crippen LogP contribution is -2.43. The number of ether oxygens (including phenoxy) is 3. The normalized spacial score (nSPS) is 17.6. The van der Waals surface area contributed by atoms with Crippen LogP contribution in [0.2, 0.25) is 0 Å². The average Bonchev–Trinajstić information content (AvgIpc) is 3.09. The first kappa shape index (κ1) is 17.9. The Labute approximate surface area is 159 Å². The van der Waals surface area contributed by atoms with Crippen LogP contribution in [-0.2, 0) is 23.6 Å². The van der Waals surface area contributed by atoms with E-state index in [0.717, 1.165) is 4.57 Å². The first-order valence-electron chi connectivity index (χ1n) is 8.58. The lowest BCUT2D eigenvalue weighted by atomic mass is 9.82. The minimum absolute atomic E-state index is 0.0563. The van der Waals surface area contributed by atoms with Gasteiger partial charge in [0.25, 0.3) is 5.56 Å². The van der Waals surface area contributed by atoms with E-state index in [-0.39, 0.29) is 6.61 Å². The Morgan fingerprint density at radius 2 is 1.79 bits per heavy atom. The zero-order valence-corrected chi connectivity index (χ0v) is 15.9. The number of cyclic esters (lactones) is 1. The van der Waals surface area contributed by atoms with Gasteiger partial charge in [-0.1, -0.05) is 6.07 Å². The highest BCUT2D eigenvalue weighted by molar-refractivity contribution is 5.96. The minimum atomic E-state index is -0.702. The van der Waals surface area contributed by atoms with Crippen molar-refractivity contribution in [3.63, 3.8) is 0 Å². The summed E-state index contributed by atoms with van der Waals surface area (Å²) in [6, 6.07) is 5.20. The van der Waals surface area contributed by atoms with Crippen molar-refractivity contribution in [3.8, 4) is 11.5 Å². The van der Waals surface area contributed by atoms with Crippen LogP contribution in [0.1, 0.15) is 17.0 Å². The van der Waals surface area contributed by atoms with E-state index < -0.39 is 23.1 Å². The Bertz CT molecular complexity index is 1160. The molecule has 1 aromatic carbocycles. The van der Waals surface area contributed by atoms with Crippen molar-refractivity contribution in [2.45, 2.75) is 5.92 Å². The van der Waals surface area contributed by atoms with Crippen molar-refractivity contribution >= 4 is 11.8 Å². The number of anilines is 1. The fourth-order valence-electron chi connectivity index (χ4n) is 3.75. The molecule has 2 aliphatic rings. The summed E-state index contributed by atoms with van der Waals surface area (Å²) in [7, 11) is 6.02. The smallest absolute Gasteiger partial charge is 0.337 e. The van der Waals surface area contributed by atoms with Gasteiger partial charge in [-0.3, -0.25) is 13.9 Å². The highest BCUT2D eigenvalue weighted by atomic mass is 16.5. The summed E-state index contributed by atoms with van der Waals surface area (Å²) in [6.07, 6.45) is 0. The molecule has 9 nitrogen and oxygen atoms in total. The monoisotopic (exact) mass is 385 g/mol. The Balaban J connectivity index is 2.05. The summed E-state index contributed by atoms with van der Waals surface area (Å²) in [5, 5.41) is 3.04. The molecule has 9 heteroatoms. The topological polar surface area (TPSA) is 101 Å². The molecule has 3 heterocycles. The molecule has 1 atom stereocenters. The summed E-state index contributed by atoms with van der Waals surface area (Å²) < 4.78 is 18.2. The highest BCUT2D eigenvalue weighted by Gasteiger charge is 2.41. The maximum atomic E-state index is 13.0. The number of hydrogen-bond acceptors (Lipinski definition) is 7. The molecule has 0 amide bonds. The van der Waals surface area contributed by atoms with Gasteiger partial charge in [0.05, 0.1) is 37.0 Å². The standard InChI is InChI=1S/C19H19N3O6/c1-21-16-15(17(23)22(2)19(21)25)13(14-10(20-16)8-28-18(14)24)9-5-6-11(26-3)12(7-9)27-4/h5-7,13,20H,8H2,1-4H3. The molecule has 2 aromatic rings. The van der Waals surface area contributed by atoms with Crippen LogP contribution in [-0.4, -0.2) is 35.9 Å². The van der Waals surface area contributed by atoms with Crippen molar-refractivity contribution < 1.29 is 19.0 Å². The summed E-state index contributed by atoms with van der Waals surface area (Å²) in [4.78, 5) is 37.9. The van der Waals surface area contributed by atoms with Crippen molar-refractivity contribution in [2.24, 2.45) is 14.1 Å². The zero-order chi connectivity index (χ0) is 20.2. The summed E-state index contributed by atoms with van der Waals surface area (Å²) in [5.74, 6) is 0.146. The lowest BCUT2D eigenvalue weighted by Gasteiger charge is -2.28. The van der Waals surface area contributed by atoms with E-state index >= 15 is 0 Å². The SMILES string of the molecule is COc1ccc(C2C3=C(COC3=O)Nc3c2c(=O)n(C)c(=O)n3C)cc1OC. The second kappa shape index (κ2) is 6.29. The van der Waals surface area contributed by atoms with Gasteiger partial charge in [0, 0.05) is 14.1 Å².